The zero-order chi connectivity index (χ0) is 15.4. The number of rotatable bonds is 5. The van der Waals surface area contributed by atoms with Crippen molar-refractivity contribution in [3.05, 3.63) is 54.1 Å². The van der Waals surface area contributed by atoms with Gasteiger partial charge in [-0.25, -0.2) is 4.39 Å². The van der Waals surface area contributed by atoms with Crippen molar-refractivity contribution in [3.8, 4) is 0 Å². The number of halogens is 1. The van der Waals surface area contributed by atoms with Crippen LogP contribution in [-0.2, 0) is 11.3 Å². The maximum atomic E-state index is 13.7. The van der Waals surface area contributed by atoms with Gasteiger partial charge in [-0.05, 0) is 12.1 Å². The highest BCUT2D eigenvalue weighted by atomic mass is 19.1. The van der Waals surface area contributed by atoms with E-state index in [0.717, 1.165) is 6.54 Å². The highest BCUT2D eigenvalue weighted by Crippen LogP contribution is 2.19. The van der Waals surface area contributed by atoms with E-state index in [1.54, 1.807) is 24.4 Å². The average Bonchev–Trinajstić information content (AvgIpc) is 3.01. The maximum absolute atomic E-state index is 13.7. The summed E-state index contributed by atoms with van der Waals surface area (Å²) < 4.78 is 21.3. The summed E-state index contributed by atoms with van der Waals surface area (Å²) in [6.07, 6.45) is 2.84. The summed E-state index contributed by atoms with van der Waals surface area (Å²) in [7, 11) is 0. The van der Waals surface area contributed by atoms with Crippen molar-refractivity contribution in [3.63, 3.8) is 0 Å². The first-order valence-electron chi connectivity index (χ1n) is 7.46. The van der Waals surface area contributed by atoms with Crippen LogP contribution in [0.3, 0.4) is 0 Å². The second-order valence-electron chi connectivity index (χ2n) is 5.52. The van der Waals surface area contributed by atoms with E-state index in [1.807, 2.05) is 16.9 Å². The van der Waals surface area contributed by atoms with Crippen LogP contribution in [0.25, 0.3) is 0 Å². The fraction of sp³-hybridized carbons (Fsp3) is 0.438. The molecule has 0 unspecified atom stereocenters. The predicted molar refractivity (Wildman–Crippen MR) is 79.8 cm³/mol. The van der Waals surface area contributed by atoms with Crippen molar-refractivity contribution in [1.82, 2.24) is 14.7 Å². The molecule has 1 fully saturated rings. The molecule has 5 nitrogen and oxygen atoms in total. The van der Waals surface area contributed by atoms with Crippen molar-refractivity contribution >= 4 is 0 Å². The van der Waals surface area contributed by atoms with Gasteiger partial charge in [0.15, 0.2) is 0 Å². The van der Waals surface area contributed by atoms with Crippen molar-refractivity contribution in [2.45, 2.75) is 18.8 Å². The normalized spacial score (nSPS) is 20.9. The van der Waals surface area contributed by atoms with Gasteiger partial charge in [0.05, 0.1) is 25.4 Å². The molecular formula is C16H20FN3O2. The Hall–Kier alpha value is -1.76. The second kappa shape index (κ2) is 7.00. The minimum Gasteiger partial charge on any atom is -0.387 e. The van der Waals surface area contributed by atoms with E-state index < -0.39 is 6.10 Å². The highest BCUT2D eigenvalue weighted by Gasteiger charge is 2.24. The summed E-state index contributed by atoms with van der Waals surface area (Å²) in [4.78, 5) is 2.11. The Morgan fingerprint density at radius 1 is 1.36 bits per heavy atom. The molecule has 1 saturated heterocycles. The fourth-order valence-electron chi connectivity index (χ4n) is 2.76. The molecule has 1 aliphatic rings. The van der Waals surface area contributed by atoms with E-state index in [1.165, 1.54) is 6.07 Å². The molecule has 1 N–H and O–H groups in total. The van der Waals surface area contributed by atoms with Crippen molar-refractivity contribution in [2.24, 2.45) is 0 Å². The number of aliphatic hydroxyl groups excluding tert-OH is 1. The number of nitrogens with zero attached hydrogens (tertiary/aromatic N) is 3. The first kappa shape index (κ1) is 15.1. The van der Waals surface area contributed by atoms with Gasteiger partial charge >= 0.3 is 0 Å². The van der Waals surface area contributed by atoms with Crippen LogP contribution in [0.15, 0.2) is 42.7 Å². The smallest absolute Gasteiger partial charge is 0.129 e. The van der Waals surface area contributed by atoms with Gasteiger partial charge in [-0.15, -0.1) is 0 Å². The summed E-state index contributed by atoms with van der Waals surface area (Å²) in [5, 5.41) is 14.4. The Morgan fingerprint density at radius 2 is 2.23 bits per heavy atom. The SMILES string of the molecule is O[C@H](CN1CCO[C@H](Cn2cccn2)C1)c1ccccc1F. The minimum atomic E-state index is -0.829. The van der Waals surface area contributed by atoms with Gasteiger partial charge < -0.3 is 9.84 Å². The number of benzene rings is 1. The van der Waals surface area contributed by atoms with Gasteiger partial charge in [0.2, 0.25) is 0 Å². The summed E-state index contributed by atoms with van der Waals surface area (Å²) in [6.45, 7) is 3.13. The van der Waals surface area contributed by atoms with E-state index in [-0.39, 0.29) is 11.9 Å². The van der Waals surface area contributed by atoms with Gasteiger partial charge in [0.1, 0.15) is 5.82 Å². The van der Waals surface area contributed by atoms with Crippen LogP contribution >= 0.6 is 0 Å². The largest absolute Gasteiger partial charge is 0.387 e. The predicted octanol–water partition coefficient (Wildman–Crippen LogP) is 1.46. The molecule has 0 bridgehead atoms. The topological polar surface area (TPSA) is 50.5 Å². The monoisotopic (exact) mass is 305 g/mol. The molecule has 0 aliphatic carbocycles. The van der Waals surface area contributed by atoms with Crippen molar-refractivity contribution in [1.29, 1.82) is 0 Å². The number of aliphatic hydroxyl groups is 1. The molecule has 0 radical (unpaired) electrons. The summed E-state index contributed by atoms with van der Waals surface area (Å²) in [5.41, 5.74) is 0.345. The lowest BCUT2D eigenvalue weighted by atomic mass is 10.1. The molecule has 0 amide bonds. The van der Waals surface area contributed by atoms with E-state index in [0.29, 0.717) is 31.8 Å². The Morgan fingerprint density at radius 3 is 3.00 bits per heavy atom. The third-order valence-electron chi connectivity index (χ3n) is 3.87. The lowest BCUT2D eigenvalue weighted by Gasteiger charge is -2.34. The van der Waals surface area contributed by atoms with Crippen LogP contribution in [0.2, 0.25) is 0 Å². The van der Waals surface area contributed by atoms with Crippen molar-refractivity contribution < 1.29 is 14.2 Å². The van der Waals surface area contributed by atoms with E-state index in [2.05, 4.69) is 10.00 Å². The maximum Gasteiger partial charge on any atom is 0.129 e. The summed E-state index contributed by atoms with van der Waals surface area (Å²) in [5.74, 6) is -0.364. The number of aromatic nitrogens is 2. The van der Waals surface area contributed by atoms with Crippen LogP contribution in [0, 0.1) is 5.82 Å². The quantitative estimate of drug-likeness (QED) is 0.908. The number of β-amino-alcohol motifs (C(OH)–C–C–N with tert-alkyl or cyclic N) is 1. The van der Waals surface area contributed by atoms with Gasteiger partial charge in [-0.1, -0.05) is 18.2 Å². The zero-order valence-corrected chi connectivity index (χ0v) is 12.3. The lowest BCUT2D eigenvalue weighted by Crippen LogP contribution is -2.45. The zero-order valence-electron chi connectivity index (χ0n) is 12.3. The van der Waals surface area contributed by atoms with Crippen LogP contribution in [0.5, 0.6) is 0 Å². The van der Waals surface area contributed by atoms with Crippen LogP contribution in [0.4, 0.5) is 4.39 Å². The standard InChI is InChI=1S/C16H20FN3O2/c17-15-5-2-1-4-14(15)16(21)12-19-8-9-22-13(10-19)11-20-7-3-6-18-20/h1-7,13,16,21H,8-12H2/t13-,16+/m0/s1. The molecule has 22 heavy (non-hydrogen) atoms. The number of hydrogen-bond acceptors (Lipinski definition) is 4. The second-order valence-corrected chi connectivity index (χ2v) is 5.52. The molecule has 0 saturated carbocycles. The minimum absolute atomic E-state index is 0.0291. The lowest BCUT2D eigenvalue weighted by molar-refractivity contribution is -0.0488. The Bertz CT molecular complexity index is 591. The van der Waals surface area contributed by atoms with Crippen LogP contribution in [0.1, 0.15) is 11.7 Å². The molecule has 2 heterocycles. The number of hydrogen-bond donors (Lipinski definition) is 1. The molecule has 1 aromatic heterocycles. The Kier molecular flexibility index (Phi) is 4.82. The Labute approximate surface area is 128 Å². The van der Waals surface area contributed by atoms with Crippen LogP contribution in [-0.4, -0.2) is 52.1 Å². The number of ether oxygens (including phenoxy) is 1. The molecule has 1 aromatic carbocycles. The van der Waals surface area contributed by atoms with Gasteiger partial charge in [0, 0.05) is 37.6 Å². The molecule has 2 aromatic rings. The summed E-state index contributed by atoms with van der Waals surface area (Å²) >= 11 is 0. The van der Waals surface area contributed by atoms with E-state index in [4.69, 9.17) is 4.74 Å². The summed E-state index contributed by atoms with van der Waals surface area (Å²) in [6, 6.07) is 8.24. The molecule has 6 heteroatoms. The molecule has 118 valence electrons. The van der Waals surface area contributed by atoms with Gasteiger partial charge in [-0.2, -0.15) is 5.10 Å². The first-order chi connectivity index (χ1) is 10.7. The highest BCUT2D eigenvalue weighted by molar-refractivity contribution is 5.20. The van der Waals surface area contributed by atoms with Crippen molar-refractivity contribution in [2.75, 3.05) is 26.2 Å². The first-order valence-corrected chi connectivity index (χ1v) is 7.46. The Balaban J connectivity index is 1.57. The third-order valence-corrected chi connectivity index (χ3v) is 3.87. The molecular weight excluding hydrogens is 285 g/mol. The van der Waals surface area contributed by atoms with E-state index >= 15 is 0 Å². The van der Waals surface area contributed by atoms with E-state index in [9.17, 15) is 9.50 Å². The molecule has 1 aliphatic heterocycles. The van der Waals surface area contributed by atoms with Crippen LogP contribution < -0.4 is 0 Å². The number of morpholine rings is 1. The molecule has 3 rings (SSSR count). The average molecular weight is 305 g/mol. The third kappa shape index (κ3) is 3.71. The van der Waals surface area contributed by atoms with Gasteiger partial charge in [0.25, 0.3) is 0 Å². The van der Waals surface area contributed by atoms with Gasteiger partial charge in [-0.3, -0.25) is 9.58 Å². The molecule has 0 spiro atoms. The fourth-order valence-corrected chi connectivity index (χ4v) is 2.76. The molecule has 2 atom stereocenters.